The van der Waals surface area contributed by atoms with Crippen LogP contribution in [0.15, 0.2) is 72.8 Å². The Balaban J connectivity index is 1.56. The zero-order valence-electron chi connectivity index (χ0n) is 18.1. The SMILES string of the molecule is C=C1CCC(N(C)c2ccc(C)c(C(=O)N[C@H](C)c3cccc4ccccc34)c2)C1. The van der Waals surface area contributed by atoms with Crippen LogP contribution >= 0.6 is 0 Å². The Morgan fingerprint density at radius 3 is 2.67 bits per heavy atom. The van der Waals surface area contributed by atoms with Gasteiger partial charge in [0.25, 0.3) is 5.91 Å². The molecule has 0 radical (unpaired) electrons. The number of anilines is 1. The molecule has 3 aromatic rings. The molecule has 3 nitrogen and oxygen atoms in total. The van der Waals surface area contributed by atoms with Crippen molar-refractivity contribution in [1.29, 1.82) is 0 Å². The normalized spacial score (nSPS) is 17.2. The van der Waals surface area contributed by atoms with Gasteiger partial charge >= 0.3 is 0 Å². The van der Waals surface area contributed by atoms with Crippen LogP contribution in [0.1, 0.15) is 53.7 Å². The number of fused-ring (bicyclic) bond motifs is 1. The molecule has 4 rings (SSSR count). The van der Waals surface area contributed by atoms with Gasteiger partial charge in [-0.2, -0.15) is 0 Å². The van der Waals surface area contributed by atoms with Gasteiger partial charge in [0.05, 0.1) is 6.04 Å². The van der Waals surface area contributed by atoms with Crippen LogP contribution in [0.3, 0.4) is 0 Å². The summed E-state index contributed by atoms with van der Waals surface area (Å²) in [5, 5.41) is 5.59. The van der Waals surface area contributed by atoms with Gasteiger partial charge in [0.1, 0.15) is 0 Å². The summed E-state index contributed by atoms with van der Waals surface area (Å²) in [7, 11) is 2.12. The number of nitrogens with one attached hydrogen (secondary N) is 1. The van der Waals surface area contributed by atoms with Gasteiger partial charge in [0.15, 0.2) is 0 Å². The molecule has 1 unspecified atom stereocenters. The van der Waals surface area contributed by atoms with Crippen LogP contribution in [0.5, 0.6) is 0 Å². The Labute approximate surface area is 179 Å². The summed E-state index contributed by atoms with van der Waals surface area (Å²) in [6.45, 7) is 8.18. The standard InChI is InChI=1S/C27H30N2O/c1-18-12-14-22(16-18)29(4)23-15-13-19(2)26(17-23)27(30)28-20(3)24-11-7-9-21-8-5-6-10-25(21)24/h5-11,13,15,17,20,22H,1,12,14,16H2,2-4H3,(H,28,30)/t20-,22?/m1/s1. The predicted octanol–water partition coefficient (Wildman–Crippen LogP) is 6.18. The van der Waals surface area contributed by atoms with Gasteiger partial charge in [-0.25, -0.2) is 0 Å². The summed E-state index contributed by atoms with van der Waals surface area (Å²) in [6.07, 6.45) is 3.25. The molecule has 0 saturated heterocycles. The fourth-order valence-corrected chi connectivity index (χ4v) is 4.50. The summed E-state index contributed by atoms with van der Waals surface area (Å²) >= 11 is 0. The molecule has 2 atom stereocenters. The van der Waals surface area contributed by atoms with Crippen molar-refractivity contribution < 1.29 is 4.79 Å². The summed E-state index contributed by atoms with van der Waals surface area (Å²) in [5.41, 5.74) is 5.27. The highest BCUT2D eigenvalue weighted by molar-refractivity contribution is 5.97. The van der Waals surface area contributed by atoms with Crippen LogP contribution in [0.25, 0.3) is 10.8 Å². The Kier molecular flexibility index (Phi) is 5.63. The van der Waals surface area contributed by atoms with E-state index < -0.39 is 0 Å². The van der Waals surface area contributed by atoms with Crippen molar-refractivity contribution in [1.82, 2.24) is 5.32 Å². The third-order valence-corrected chi connectivity index (χ3v) is 6.41. The maximum atomic E-state index is 13.2. The zero-order valence-corrected chi connectivity index (χ0v) is 18.1. The van der Waals surface area contributed by atoms with E-state index in [4.69, 9.17) is 0 Å². The molecule has 1 aliphatic rings. The van der Waals surface area contributed by atoms with E-state index in [0.29, 0.717) is 6.04 Å². The molecule has 0 heterocycles. The van der Waals surface area contributed by atoms with Crippen LogP contribution in [0.4, 0.5) is 5.69 Å². The highest BCUT2D eigenvalue weighted by Gasteiger charge is 2.23. The van der Waals surface area contributed by atoms with Crippen molar-refractivity contribution in [3.63, 3.8) is 0 Å². The van der Waals surface area contributed by atoms with Gasteiger partial charge in [0, 0.05) is 24.3 Å². The molecule has 1 saturated carbocycles. The van der Waals surface area contributed by atoms with E-state index in [1.165, 1.54) is 16.3 Å². The molecular weight excluding hydrogens is 368 g/mol. The number of amides is 1. The topological polar surface area (TPSA) is 32.3 Å². The second-order valence-electron chi connectivity index (χ2n) is 8.52. The van der Waals surface area contributed by atoms with Crippen molar-refractivity contribution in [2.24, 2.45) is 0 Å². The van der Waals surface area contributed by atoms with Crippen LogP contribution < -0.4 is 10.2 Å². The molecule has 0 aromatic heterocycles. The first-order chi connectivity index (χ1) is 14.4. The average Bonchev–Trinajstić information content (AvgIpc) is 3.19. The minimum absolute atomic E-state index is 0.0287. The summed E-state index contributed by atoms with van der Waals surface area (Å²) < 4.78 is 0. The molecule has 1 amide bonds. The summed E-state index contributed by atoms with van der Waals surface area (Å²) in [4.78, 5) is 15.5. The molecule has 0 bridgehead atoms. The number of carbonyl (C=O) groups excluding carboxylic acids is 1. The molecular formula is C27H30N2O. The van der Waals surface area contributed by atoms with Crippen molar-refractivity contribution in [2.75, 3.05) is 11.9 Å². The number of aryl methyl sites for hydroxylation is 1. The van der Waals surface area contributed by atoms with Gasteiger partial charge in [0.2, 0.25) is 0 Å². The van der Waals surface area contributed by atoms with Crippen molar-refractivity contribution in [2.45, 2.75) is 45.2 Å². The summed E-state index contributed by atoms with van der Waals surface area (Å²) in [5.74, 6) is -0.0287. The number of benzene rings is 3. The molecule has 30 heavy (non-hydrogen) atoms. The predicted molar refractivity (Wildman–Crippen MR) is 126 cm³/mol. The van der Waals surface area contributed by atoms with Crippen LogP contribution in [-0.4, -0.2) is 19.0 Å². The Morgan fingerprint density at radius 1 is 1.13 bits per heavy atom. The molecule has 154 valence electrons. The molecule has 3 heteroatoms. The van der Waals surface area contributed by atoms with Crippen molar-refractivity contribution in [3.8, 4) is 0 Å². The number of rotatable bonds is 5. The van der Waals surface area contributed by atoms with E-state index in [1.54, 1.807) is 0 Å². The van der Waals surface area contributed by atoms with Gasteiger partial charge in [-0.05, 0) is 67.1 Å². The first-order valence-corrected chi connectivity index (χ1v) is 10.7. The minimum Gasteiger partial charge on any atom is -0.371 e. The lowest BCUT2D eigenvalue weighted by Crippen LogP contribution is -2.30. The number of hydrogen-bond acceptors (Lipinski definition) is 2. The average molecular weight is 399 g/mol. The first kappa shape index (κ1) is 20.2. The molecule has 1 aliphatic carbocycles. The smallest absolute Gasteiger partial charge is 0.252 e. The minimum atomic E-state index is -0.0810. The Morgan fingerprint density at radius 2 is 1.90 bits per heavy atom. The Bertz CT molecular complexity index is 1100. The van der Waals surface area contributed by atoms with Gasteiger partial charge < -0.3 is 10.2 Å². The van der Waals surface area contributed by atoms with E-state index in [2.05, 4.69) is 67.2 Å². The lowest BCUT2D eigenvalue weighted by Gasteiger charge is -2.27. The fraction of sp³-hybridized carbons (Fsp3) is 0.296. The molecule has 0 aliphatic heterocycles. The largest absolute Gasteiger partial charge is 0.371 e. The van der Waals surface area contributed by atoms with E-state index in [9.17, 15) is 4.79 Å². The Hall–Kier alpha value is -3.07. The maximum absolute atomic E-state index is 13.2. The third kappa shape index (κ3) is 3.97. The van der Waals surface area contributed by atoms with E-state index in [0.717, 1.165) is 41.6 Å². The molecule has 1 N–H and O–H groups in total. The lowest BCUT2D eigenvalue weighted by molar-refractivity contribution is 0.0939. The highest BCUT2D eigenvalue weighted by Crippen LogP contribution is 2.31. The molecule has 0 spiro atoms. The second kappa shape index (κ2) is 8.35. The monoisotopic (exact) mass is 398 g/mol. The third-order valence-electron chi connectivity index (χ3n) is 6.41. The van der Waals surface area contributed by atoms with Gasteiger partial charge in [-0.3, -0.25) is 4.79 Å². The fourth-order valence-electron chi connectivity index (χ4n) is 4.50. The maximum Gasteiger partial charge on any atom is 0.252 e. The lowest BCUT2D eigenvalue weighted by atomic mass is 9.99. The zero-order chi connectivity index (χ0) is 21.3. The van der Waals surface area contributed by atoms with Crippen LogP contribution in [-0.2, 0) is 0 Å². The number of hydrogen-bond donors (Lipinski definition) is 1. The van der Waals surface area contributed by atoms with Crippen LogP contribution in [0, 0.1) is 6.92 Å². The second-order valence-corrected chi connectivity index (χ2v) is 8.52. The van der Waals surface area contributed by atoms with E-state index in [1.807, 2.05) is 31.2 Å². The molecule has 3 aromatic carbocycles. The number of nitrogens with zero attached hydrogens (tertiary/aromatic N) is 1. The summed E-state index contributed by atoms with van der Waals surface area (Å²) in [6, 6.07) is 21.1. The first-order valence-electron chi connectivity index (χ1n) is 10.7. The van der Waals surface area contributed by atoms with Crippen molar-refractivity contribution in [3.05, 3.63) is 89.5 Å². The quantitative estimate of drug-likeness (QED) is 0.520. The molecule has 1 fully saturated rings. The van der Waals surface area contributed by atoms with Gasteiger partial charge in [-0.15, -0.1) is 0 Å². The van der Waals surface area contributed by atoms with Gasteiger partial charge in [-0.1, -0.05) is 60.7 Å². The van der Waals surface area contributed by atoms with E-state index >= 15 is 0 Å². The number of carbonyl (C=O) groups is 1. The van der Waals surface area contributed by atoms with Crippen molar-refractivity contribution >= 4 is 22.4 Å². The van der Waals surface area contributed by atoms with E-state index in [-0.39, 0.29) is 11.9 Å². The van der Waals surface area contributed by atoms with Crippen LogP contribution in [0.2, 0.25) is 0 Å². The highest BCUT2D eigenvalue weighted by atomic mass is 16.1.